The van der Waals surface area contributed by atoms with Gasteiger partial charge in [0.15, 0.2) is 0 Å². The normalized spacial score (nSPS) is 26.5. The first kappa shape index (κ1) is 17.5. The Labute approximate surface area is 147 Å². The summed E-state index contributed by atoms with van der Waals surface area (Å²) in [6.07, 6.45) is 2.99. The number of benzene rings is 1. The van der Waals surface area contributed by atoms with E-state index in [1.165, 1.54) is 0 Å². The number of nitrogens with zero attached hydrogens (tertiary/aromatic N) is 2. The third-order valence-corrected chi connectivity index (χ3v) is 5.42. The number of amides is 2. The number of aliphatic carboxylic acids is 1. The Hall–Kier alpha value is -2.37. The van der Waals surface area contributed by atoms with Crippen molar-refractivity contribution in [2.75, 3.05) is 18.5 Å². The highest BCUT2D eigenvalue weighted by Crippen LogP contribution is 2.33. The van der Waals surface area contributed by atoms with Crippen molar-refractivity contribution in [2.45, 2.75) is 38.1 Å². The van der Waals surface area contributed by atoms with Gasteiger partial charge in [0.25, 0.3) is 0 Å². The van der Waals surface area contributed by atoms with Crippen molar-refractivity contribution in [1.82, 2.24) is 4.90 Å². The molecule has 6 heteroatoms. The maximum absolute atomic E-state index is 12.9. The maximum atomic E-state index is 12.9. The molecule has 2 amide bonds. The monoisotopic (exact) mass is 344 g/mol. The van der Waals surface area contributed by atoms with Crippen LogP contribution in [-0.2, 0) is 14.4 Å². The second-order valence-electron chi connectivity index (χ2n) is 6.98. The van der Waals surface area contributed by atoms with Gasteiger partial charge in [-0.15, -0.1) is 0 Å². The molecule has 1 N–H and O–H groups in total. The molecule has 1 aromatic rings. The van der Waals surface area contributed by atoms with E-state index in [4.69, 9.17) is 5.11 Å². The van der Waals surface area contributed by atoms with Gasteiger partial charge in [0, 0.05) is 25.2 Å². The summed E-state index contributed by atoms with van der Waals surface area (Å²) in [4.78, 5) is 40.1. The van der Waals surface area contributed by atoms with E-state index in [0.717, 1.165) is 12.1 Å². The molecule has 0 spiro atoms. The van der Waals surface area contributed by atoms with E-state index in [0.29, 0.717) is 32.2 Å². The van der Waals surface area contributed by atoms with Crippen LogP contribution >= 0.6 is 0 Å². The fourth-order valence-corrected chi connectivity index (χ4v) is 3.95. The Kier molecular flexibility index (Phi) is 5.06. The molecule has 1 aliphatic heterocycles. The first-order valence-electron chi connectivity index (χ1n) is 8.85. The van der Waals surface area contributed by atoms with Crippen LogP contribution in [0.2, 0.25) is 0 Å². The number of rotatable bonds is 4. The van der Waals surface area contributed by atoms with Crippen molar-refractivity contribution in [2.24, 2.45) is 11.8 Å². The fraction of sp³-hybridized carbons (Fsp3) is 0.526. The largest absolute Gasteiger partial charge is 0.481 e. The van der Waals surface area contributed by atoms with Crippen LogP contribution in [0, 0.1) is 11.8 Å². The molecule has 0 bridgehead atoms. The lowest BCUT2D eigenvalue weighted by Gasteiger charge is -2.37. The number of hydrogen-bond donors (Lipinski definition) is 1. The lowest BCUT2D eigenvalue weighted by molar-refractivity contribution is -0.143. The Bertz CT molecular complexity index is 661. The Morgan fingerprint density at radius 2 is 1.80 bits per heavy atom. The minimum absolute atomic E-state index is 0.0546. The summed E-state index contributed by atoms with van der Waals surface area (Å²) in [6, 6.07) is 9.03. The number of carbonyl (C=O) groups is 3. The van der Waals surface area contributed by atoms with Crippen LogP contribution in [0.15, 0.2) is 30.3 Å². The number of anilines is 1. The summed E-state index contributed by atoms with van der Waals surface area (Å²) in [6.45, 7) is 0.659. The highest BCUT2D eigenvalue weighted by molar-refractivity contribution is 6.00. The molecule has 6 nitrogen and oxygen atoms in total. The number of carboxylic acids is 1. The van der Waals surface area contributed by atoms with Gasteiger partial charge in [0.05, 0.1) is 5.92 Å². The van der Waals surface area contributed by atoms with Crippen LogP contribution < -0.4 is 4.90 Å². The van der Waals surface area contributed by atoms with Crippen molar-refractivity contribution >= 4 is 23.5 Å². The number of hydrogen-bond acceptors (Lipinski definition) is 3. The molecule has 1 saturated carbocycles. The van der Waals surface area contributed by atoms with Crippen molar-refractivity contribution in [1.29, 1.82) is 0 Å². The minimum Gasteiger partial charge on any atom is -0.481 e. The fourth-order valence-electron chi connectivity index (χ4n) is 3.95. The van der Waals surface area contributed by atoms with Gasteiger partial charge in [-0.25, -0.2) is 0 Å². The van der Waals surface area contributed by atoms with Crippen molar-refractivity contribution in [3.8, 4) is 0 Å². The summed E-state index contributed by atoms with van der Waals surface area (Å²) < 4.78 is 0. The quantitative estimate of drug-likeness (QED) is 0.908. The standard InChI is InChI=1S/C19H24N2O4/c1-20(17(22)13-9-10-14(12-13)19(24)25)16-8-5-11-21(18(16)23)15-6-3-2-4-7-15/h2-4,6-7,13-14,16H,5,8-12H2,1H3,(H,24,25)/t13-,14+,16+/m1/s1. The van der Waals surface area contributed by atoms with Gasteiger partial charge in [0.1, 0.15) is 6.04 Å². The maximum Gasteiger partial charge on any atom is 0.306 e. The molecule has 3 atom stereocenters. The summed E-state index contributed by atoms with van der Waals surface area (Å²) in [7, 11) is 1.67. The van der Waals surface area contributed by atoms with E-state index in [1.54, 1.807) is 16.8 Å². The second kappa shape index (κ2) is 7.25. The average Bonchev–Trinajstić information content (AvgIpc) is 3.12. The van der Waals surface area contributed by atoms with Gasteiger partial charge in [0.2, 0.25) is 11.8 Å². The van der Waals surface area contributed by atoms with Crippen molar-refractivity contribution < 1.29 is 19.5 Å². The van der Waals surface area contributed by atoms with Crippen LogP contribution in [0.25, 0.3) is 0 Å². The Morgan fingerprint density at radius 1 is 1.12 bits per heavy atom. The lowest BCUT2D eigenvalue weighted by atomic mass is 9.99. The topological polar surface area (TPSA) is 77.9 Å². The Morgan fingerprint density at radius 3 is 2.44 bits per heavy atom. The number of para-hydroxylation sites is 1. The zero-order chi connectivity index (χ0) is 18.0. The molecule has 2 fully saturated rings. The minimum atomic E-state index is -0.832. The molecule has 1 aliphatic carbocycles. The van der Waals surface area contributed by atoms with Gasteiger partial charge in [-0.3, -0.25) is 14.4 Å². The van der Waals surface area contributed by atoms with Gasteiger partial charge in [-0.2, -0.15) is 0 Å². The van der Waals surface area contributed by atoms with E-state index in [1.807, 2.05) is 30.3 Å². The zero-order valence-corrected chi connectivity index (χ0v) is 14.4. The van der Waals surface area contributed by atoms with Gasteiger partial charge >= 0.3 is 5.97 Å². The summed E-state index contributed by atoms with van der Waals surface area (Å²) >= 11 is 0. The number of piperidine rings is 1. The zero-order valence-electron chi connectivity index (χ0n) is 14.4. The molecule has 2 aliphatic rings. The molecule has 3 rings (SSSR count). The highest BCUT2D eigenvalue weighted by atomic mass is 16.4. The molecule has 1 saturated heterocycles. The first-order chi connectivity index (χ1) is 12.0. The molecular formula is C19H24N2O4. The van der Waals surface area contributed by atoms with E-state index in [-0.39, 0.29) is 17.7 Å². The predicted octanol–water partition coefficient (Wildman–Crippen LogP) is 2.14. The van der Waals surface area contributed by atoms with Crippen LogP contribution in [0.1, 0.15) is 32.1 Å². The average molecular weight is 344 g/mol. The summed E-state index contributed by atoms with van der Waals surface area (Å²) in [5.41, 5.74) is 0.852. The van der Waals surface area contributed by atoms with E-state index in [2.05, 4.69) is 0 Å². The van der Waals surface area contributed by atoms with Crippen LogP contribution in [0.5, 0.6) is 0 Å². The van der Waals surface area contributed by atoms with Crippen LogP contribution in [-0.4, -0.2) is 47.4 Å². The van der Waals surface area contributed by atoms with E-state index < -0.39 is 17.9 Å². The van der Waals surface area contributed by atoms with Gasteiger partial charge in [-0.05, 0) is 44.2 Å². The number of likely N-dealkylation sites (N-methyl/N-ethyl adjacent to an activating group) is 1. The molecular weight excluding hydrogens is 320 g/mol. The third-order valence-electron chi connectivity index (χ3n) is 5.42. The molecule has 134 valence electrons. The molecule has 1 heterocycles. The van der Waals surface area contributed by atoms with E-state index in [9.17, 15) is 14.4 Å². The highest BCUT2D eigenvalue weighted by Gasteiger charge is 2.40. The van der Waals surface area contributed by atoms with Crippen molar-refractivity contribution in [3.05, 3.63) is 30.3 Å². The summed E-state index contributed by atoms with van der Waals surface area (Å²) in [5, 5.41) is 9.12. The number of carboxylic acid groups (broad SMARTS) is 1. The molecule has 0 aromatic heterocycles. The smallest absolute Gasteiger partial charge is 0.306 e. The predicted molar refractivity (Wildman–Crippen MR) is 93.1 cm³/mol. The van der Waals surface area contributed by atoms with Crippen LogP contribution in [0.3, 0.4) is 0 Å². The molecule has 25 heavy (non-hydrogen) atoms. The second-order valence-corrected chi connectivity index (χ2v) is 6.98. The van der Waals surface area contributed by atoms with Crippen molar-refractivity contribution in [3.63, 3.8) is 0 Å². The Balaban J connectivity index is 1.69. The number of carbonyl (C=O) groups excluding carboxylic acids is 2. The van der Waals surface area contributed by atoms with Crippen LogP contribution in [0.4, 0.5) is 5.69 Å². The third kappa shape index (κ3) is 3.52. The van der Waals surface area contributed by atoms with Gasteiger partial charge < -0.3 is 14.9 Å². The summed E-state index contributed by atoms with van der Waals surface area (Å²) in [5.74, 6) is -1.71. The SMILES string of the molecule is CN(C(=O)[C@@H]1CC[C@H](C(=O)O)C1)[C@H]1CCCN(c2ccccc2)C1=O. The molecule has 1 aromatic carbocycles. The lowest BCUT2D eigenvalue weighted by Crippen LogP contribution is -2.54. The van der Waals surface area contributed by atoms with E-state index >= 15 is 0 Å². The molecule has 0 radical (unpaired) electrons. The van der Waals surface area contributed by atoms with Gasteiger partial charge in [-0.1, -0.05) is 18.2 Å². The first-order valence-corrected chi connectivity index (χ1v) is 8.85. The molecule has 0 unspecified atom stereocenters.